The Bertz CT molecular complexity index is 712. The molecule has 0 aliphatic heterocycles. The number of hydrogen-bond acceptors (Lipinski definition) is 2. The number of para-hydroxylation sites is 1. The lowest BCUT2D eigenvalue weighted by molar-refractivity contribution is 0.356. The minimum atomic E-state index is -0.116. The van der Waals surface area contributed by atoms with E-state index in [0.29, 0.717) is 5.75 Å². The van der Waals surface area contributed by atoms with E-state index in [0.717, 1.165) is 17.9 Å². The smallest absolute Gasteiger partial charge is 0.164 e. The van der Waals surface area contributed by atoms with E-state index in [4.69, 9.17) is 4.74 Å². The van der Waals surface area contributed by atoms with Crippen molar-refractivity contribution >= 4 is 0 Å². The minimum Gasteiger partial charge on any atom is -0.504 e. The third-order valence-electron chi connectivity index (χ3n) is 5.60. The van der Waals surface area contributed by atoms with Crippen LogP contribution in [0.2, 0.25) is 0 Å². The van der Waals surface area contributed by atoms with E-state index in [1.54, 1.807) is 13.2 Å². The zero-order valence-corrected chi connectivity index (χ0v) is 15.7. The van der Waals surface area contributed by atoms with E-state index < -0.39 is 0 Å². The molecule has 3 rings (SSSR count). The topological polar surface area (TPSA) is 29.5 Å². The van der Waals surface area contributed by atoms with E-state index in [2.05, 4.69) is 44.2 Å². The molecular formula is C23H30O2. The molecule has 0 amide bonds. The first-order chi connectivity index (χ1) is 12.0. The van der Waals surface area contributed by atoms with Crippen molar-refractivity contribution in [2.45, 2.75) is 63.7 Å². The molecular weight excluding hydrogens is 308 g/mol. The van der Waals surface area contributed by atoms with Gasteiger partial charge in [-0.3, -0.25) is 0 Å². The summed E-state index contributed by atoms with van der Waals surface area (Å²) in [5, 5.41) is 10.1. The quantitative estimate of drug-likeness (QED) is 0.728. The molecule has 0 unspecified atom stereocenters. The minimum absolute atomic E-state index is 0.116. The van der Waals surface area contributed by atoms with Crippen molar-refractivity contribution in [1.29, 1.82) is 0 Å². The van der Waals surface area contributed by atoms with Crippen molar-refractivity contribution < 1.29 is 9.84 Å². The van der Waals surface area contributed by atoms with Gasteiger partial charge < -0.3 is 9.84 Å². The maximum absolute atomic E-state index is 10.1. The van der Waals surface area contributed by atoms with Crippen molar-refractivity contribution in [1.82, 2.24) is 0 Å². The predicted octanol–water partition coefficient (Wildman–Crippen LogP) is 5.97. The van der Waals surface area contributed by atoms with E-state index in [1.165, 1.54) is 43.2 Å². The Kier molecular flexibility index (Phi) is 5.36. The van der Waals surface area contributed by atoms with Crippen molar-refractivity contribution in [3.63, 3.8) is 0 Å². The standard InChI is InChI=1S/C23H30O2/c1-23(2,20-13-8-14-21(24)22(20)25-3)16-17-9-7-12-19(15-17)18-10-5-4-6-11-18/h7-9,12-15,18,24H,4-6,10-11,16H2,1-3H3. The van der Waals surface area contributed by atoms with E-state index in [1.807, 2.05) is 6.07 Å². The second-order valence-electron chi connectivity index (χ2n) is 8.00. The highest BCUT2D eigenvalue weighted by Gasteiger charge is 2.27. The lowest BCUT2D eigenvalue weighted by atomic mass is 9.77. The van der Waals surface area contributed by atoms with Crippen molar-refractivity contribution in [3.05, 3.63) is 59.2 Å². The molecule has 1 aliphatic rings. The van der Waals surface area contributed by atoms with Crippen LogP contribution in [0.15, 0.2) is 42.5 Å². The first-order valence-electron chi connectivity index (χ1n) is 9.46. The van der Waals surface area contributed by atoms with Crippen molar-refractivity contribution in [2.75, 3.05) is 7.11 Å². The maximum atomic E-state index is 10.1. The third kappa shape index (κ3) is 4.00. The summed E-state index contributed by atoms with van der Waals surface area (Å²) in [6.07, 6.45) is 7.69. The van der Waals surface area contributed by atoms with E-state index in [-0.39, 0.29) is 11.2 Å². The van der Waals surface area contributed by atoms with Gasteiger partial charge in [-0.05, 0) is 47.8 Å². The third-order valence-corrected chi connectivity index (χ3v) is 5.60. The summed E-state index contributed by atoms with van der Waals surface area (Å²) in [5.74, 6) is 1.53. The van der Waals surface area contributed by atoms with Gasteiger partial charge in [0, 0.05) is 5.56 Å². The average Bonchev–Trinajstić information content (AvgIpc) is 2.62. The second kappa shape index (κ2) is 7.51. The Morgan fingerprint density at radius 1 is 1.04 bits per heavy atom. The Balaban J connectivity index is 1.85. The summed E-state index contributed by atoms with van der Waals surface area (Å²) < 4.78 is 5.47. The fourth-order valence-electron chi connectivity index (χ4n) is 4.27. The van der Waals surface area contributed by atoms with Crippen LogP contribution in [0, 0.1) is 0 Å². The van der Waals surface area contributed by atoms with Crippen molar-refractivity contribution in [3.8, 4) is 11.5 Å². The summed E-state index contributed by atoms with van der Waals surface area (Å²) in [4.78, 5) is 0. The van der Waals surface area contributed by atoms with Gasteiger partial charge in [0.25, 0.3) is 0 Å². The van der Waals surface area contributed by atoms with E-state index >= 15 is 0 Å². The normalized spacial score (nSPS) is 16.0. The molecule has 1 fully saturated rings. The Labute approximate surface area is 151 Å². The summed E-state index contributed by atoms with van der Waals surface area (Å²) >= 11 is 0. The lowest BCUT2D eigenvalue weighted by Gasteiger charge is -2.28. The van der Waals surface area contributed by atoms with Crippen LogP contribution < -0.4 is 4.74 Å². The summed E-state index contributed by atoms with van der Waals surface area (Å²) in [6.45, 7) is 4.44. The summed E-state index contributed by atoms with van der Waals surface area (Å²) in [5.41, 5.74) is 3.79. The molecule has 2 nitrogen and oxygen atoms in total. The predicted molar refractivity (Wildman–Crippen MR) is 104 cm³/mol. The van der Waals surface area contributed by atoms with Crippen LogP contribution in [-0.2, 0) is 11.8 Å². The zero-order valence-electron chi connectivity index (χ0n) is 15.7. The largest absolute Gasteiger partial charge is 0.504 e. The SMILES string of the molecule is COc1c(O)cccc1C(C)(C)Cc1cccc(C2CCCCC2)c1. The van der Waals surface area contributed by atoms with Gasteiger partial charge in [0.2, 0.25) is 0 Å². The number of phenols is 1. The van der Waals surface area contributed by atoms with Crippen molar-refractivity contribution in [2.24, 2.45) is 0 Å². The van der Waals surface area contributed by atoms with Crippen LogP contribution in [-0.4, -0.2) is 12.2 Å². The summed E-state index contributed by atoms with van der Waals surface area (Å²) in [6, 6.07) is 14.8. The molecule has 1 N–H and O–H groups in total. The lowest BCUT2D eigenvalue weighted by Crippen LogP contribution is -2.21. The molecule has 134 valence electrons. The molecule has 0 aromatic heterocycles. The summed E-state index contributed by atoms with van der Waals surface area (Å²) in [7, 11) is 1.62. The first-order valence-corrected chi connectivity index (χ1v) is 9.46. The molecule has 1 saturated carbocycles. The molecule has 2 heteroatoms. The van der Waals surface area contributed by atoms with Gasteiger partial charge in [-0.15, -0.1) is 0 Å². The van der Waals surface area contributed by atoms with Gasteiger partial charge in [-0.2, -0.15) is 0 Å². The molecule has 0 atom stereocenters. The molecule has 2 aromatic carbocycles. The van der Waals surface area contributed by atoms with Gasteiger partial charge in [-0.1, -0.05) is 69.5 Å². The fraction of sp³-hybridized carbons (Fsp3) is 0.478. The Morgan fingerprint density at radius 3 is 2.48 bits per heavy atom. The van der Waals surface area contributed by atoms with Crippen LogP contribution in [0.4, 0.5) is 0 Å². The highest BCUT2D eigenvalue weighted by atomic mass is 16.5. The molecule has 25 heavy (non-hydrogen) atoms. The van der Waals surface area contributed by atoms with Crippen LogP contribution in [0.1, 0.15) is 68.6 Å². The number of methoxy groups -OCH3 is 1. The van der Waals surface area contributed by atoms with Crippen LogP contribution in [0.25, 0.3) is 0 Å². The molecule has 1 aliphatic carbocycles. The van der Waals surface area contributed by atoms with Crippen LogP contribution >= 0.6 is 0 Å². The number of ether oxygens (including phenoxy) is 1. The molecule has 0 heterocycles. The monoisotopic (exact) mass is 338 g/mol. The average molecular weight is 338 g/mol. The molecule has 0 saturated heterocycles. The van der Waals surface area contributed by atoms with Gasteiger partial charge in [-0.25, -0.2) is 0 Å². The first kappa shape index (κ1) is 17.8. The van der Waals surface area contributed by atoms with Crippen LogP contribution in [0.3, 0.4) is 0 Å². The fourth-order valence-corrected chi connectivity index (χ4v) is 4.27. The number of aromatic hydroxyl groups is 1. The number of hydrogen-bond donors (Lipinski definition) is 1. The highest BCUT2D eigenvalue weighted by Crippen LogP contribution is 2.40. The zero-order chi connectivity index (χ0) is 17.9. The molecule has 0 radical (unpaired) electrons. The van der Waals surface area contributed by atoms with Gasteiger partial charge in [0.1, 0.15) is 0 Å². The second-order valence-corrected chi connectivity index (χ2v) is 8.00. The maximum Gasteiger partial charge on any atom is 0.164 e. The Hall–Kier alpha value is -1.96. The molecule has 0 bridgehead atoms. The molecule has 2 aromatic rings. The van der Waals surface area contributed by atoms with Gasteiger partial charge in [0.15, 0.2) is 11.5 Å². The van der Waals surface area contributed by atoms with Gasteiger partial charge in [0.05, 0.1) is 7.11 Å². The number of phenolic OH excluding ortho intramolecular Hbond substituents is 1. The van der Waals surface area contributed by atoms with Crippen LogP contribution in [0.5, 0.6) is 11.5 Å². The van der Waals surface area contributed by atoms with Gasteiger partial charge >= 0.3 is 0 Å². The number of benzene rings is 2. The number of rotatable bonds is 5. The molecule has 0 spiro atoms. The highest BCUT2D eigenvalue weighted by molar-refractivity contribution is 5.49. The van der Waals surface area contributed by atoms with E-state index in [9.17, 15) is 5.11 Å². The Morgan fingerprint density at radius 2 is 1.76 bits per heavy atom.